The number of aromatic nitrogens is 1. The second kappa shape index (κ2) is 5.45. The lowest BCUT2D eigenvalue weighted by Crippen LogP contribution is -2.54. The van der Waals surface area contributed by atoms with Gasteiger partial charge in [0.1, 0.15) is 5.54 Å². The summed E-state index contributed by atoms with van der Waals surface area (Å²) in [6.07, 6.45) is 4.56. The second-order valence-electron chi connectivity index (χ2n) is 5.94. The highest BCUT2D eigenvalue weighted by atomic mass is 16.4. The van der Waals surface area contributed by atoms with Crippen molar-refractivity contribution in [1.29, 1.82) is 0 Å². The van der Waals surface area contributed by atoms with Crippen LogP contribution in [0.5, 0.6) is 0 Å². The molecule has 1 aromatic heterocycles. The predicted octanol–water partition coefficient (Wildman–Crippen LogP) is 3.06. The van der Waals surface area contributed by atoms with Crippen molar-refractivity contribution in [2.24, 2.45) is 0 Å². The molecule has 1 saturated heterocycles. The number of carbonyl (C=O) groups is 1. The van der Waals surface area contributed by atoms with Crippen LogP contribution in [0.4, 0.5) is 0 Å². The van der Waals surface area contributed by atoms with Crippen LogP contribution >= 0.6 is 0 Å². The fraction of sp³-hybridized carbons (Fsp3) is 0.412. The lowest BCUT2D eigenvalue weighted by molar-refractivity contribution is -0.153. The summed E-state index contributed by atoms with van der Waals surface area (Å²) in [6, 6.07) is 10.0. The lowest BCUT2D eigenvalue weighted by Gasteiger charge is -2.41. The molecule has 0 radical (unpaired) electrons. The monoisotopic (exact) mass is 284 g/mol. The number of piperidine rings is 1. The van der Waals surface area contributed by atoms with E-state index in [9.17, 15) is 9.90 Å². The first-order chi connectivity index (χ1) is 10.1. The van der Waals surface area contributed by atoms with Crippen molar-refractivity contribution in [3.63, 3.8) is 0 Å². The van der Waals surface area contributed by atoms with E-state index in [1.54, 1.807) is 6.20 Å². The molecule has 21 heavy (non-hydrogen) atoms. The molecular formula is C17H20N2O2. The van der Waals surface area contributed by atoms with Crippen molar-refractivity contribution >= 4 is 16.9 Å². The van der Waals surface area contributed by atoms with Gasteiger partial charge in [0.15, 0.2) is 0 Å². The molecule has 0 spiro atoms. The van der Waals surface area contributed by atoms with E-state index in [4.69, 9.17) is 0 Å². The number of likely N-dealkylation sites (tertiary alicyclic amines) is 1. The van der Waals surface area contributed by atoms with Gasteiger partial charge in [-0.15, -0.1) is 0 Å². The summed E-state index contributed by atoms with van der Waals surface area (Å²) in [6.45, 7) is 3.34. The number of benzene rings is 1. The number of carboxylic acids is 1. The molecule has 1 aliphatic rings. The molecule has 1 atom stereocenters. The van der Waals surface area contributed by atoms with E-state index in [0.29, 0.717) is 13.0 Å². The Labute approximate surface area is 124 Å². The molecule has 1 aliphatic heterocycles. The molecule has 0 bridgehead atoms. The van der Waals surface area contributed by atoms with Gasteiger partial charge >= 0.3 is 5.97 Å². The Morgan fingerprint density at radius 1 is 1.33 bits per heavy atom. The third-order valence-electron chi connectivity index (χ3n) is 4.60. The first kappa shape index (κ1) is 14.0. The number of rotatable bonds is 3. The molecule has 0 saturated carbocycles. The smallest absolute Gasteiger partial charge is 0.323 e. The Morgan fingerprint density at radius 3 is 2.95 bits per heavy atom. The zero-order chi connectivity index (χ0) is 14.9. The van der Waals surface area contributed by atoms with Crippen LogP contribution < -0.4 is 0 Å². The third-order valence-corrected chi connectivity index (χ3v) is 4.60. The second-order valence-corrected chi connectivity index (χ2v) is 5.94. The number of hydrogen-bond donors (Lipinski definition) is 1. The molecule has 1 aromatic carbocycles. The molecule has 0 amide bonds. The van der Waals surface area contributed by atoms with Crippen LogP contribution in [0, 0.1) is 0 Å². The standard InChI is InChI=1S/C17H20N2O2/c1-17(16(20)21)9-4-5-11-19(17)12-13-8-10-18-15-7-3-2-6-14(13)15/h2-3,6-8,10H,4-5,9,11-12H2,1H3,(H,20,21). The Bertz CT molecular complexity index is 665. The van der Waals surface area contributed by atoms with Gasteiger partial charge in [0, 0.05) is 18.1 Å². The van der Waals surface area contributed by atoms with E-state index in [0.717, 1.165) is 35.9 Å². The van der Waals surface area contributed by atoms with Crippen molar-refractivity contribution in [2.75, 3.05) is 6.54 Å². The van der Waals surface area contributed by atoms with Crippen LogP contribution in [-0.4, -0.2) is 33.0 Å². The van der Waals surface area contributed by atoms with Gasteiger partial charge in [-0.1, -0.05) is 18.2 Å². The van der Waals surface area contributed by atoms with Gasteiger partial charge in [0.2, 0.25) is 0 Å². The van der Waals surface area contributed by atoms with Gasteiger partial charge < -0.3 is 5.11 Å². The maximum atomic E-state index is 11.7. The topological polar surface area (TPSA) is 53.4 Å². The fourth-order valence-electron chi connectivity index (χ4n) is 3.17. The average Bonchev–Trinajstić information content (AvgIpc) is 2.50. The maximum absolute atomic E-state index is 11.7. The van der Waals surface area contributed by atoms with Gasteiger partial charge in [-0.2, -0.15) is 0 Å². The van der Waals surface area contributed by atoms with Crippen molar-refractivity contribution < 1.29 is 9.90 Å². The molecule has 2 heterocycles. The molecule has 4 nitrogen and oxygen atoms in total. The van der Waals surface area contributed by atoms with E-state index in [-0.39, 0.29) is 0 Å². The molecule has 1 unspecified atom stereocenters. The van der Waals surface area contributed by atoms with Crippen LogP contribution in [0.15, 0.2) is 36.5 Å². The van der Waals surface area contributed by atoms with Crippen LogP contribution in [0.1, 0.15) is 31.7 Å². The maximum Gasteiger partial charge on any atom is 0.323 e. The number of hydrogen-bond acceptors (Lipinski definition) is 3. The first-order valence-electron chi connectivity index (χ1n) is 7.42. The van der Waals surface area contributed by atoms with Gasteiger partial charge in [-0.25, -0.2) is 0 Å². The molecular weight excluding hydrogens is 264 g/mol. The van der Waals surface area contributed by atoms with E-state index < -0.39 is 11.5 Å². The number of aliphatic carboxylic acids is 1. The van der Waals surface area contributed by atoms with Gasteiger partial charge in [0.25, 0.3) is 0 Å². The van der Waals surface area contributed by atoms with Gasteiger partial charge in [-0.3, -0.25) is 14.7 Å². The van der Waals surface area contributed by atoms with E-state index in [2.05, 4.69) is 16.0 Å². The van der Waals surface area contributed by atoms with E-state index >= 15 is 0 Å². The highest BCUT2D eigenvalue weighted by Gasteiger charge is 2.41. The fourth-order valence-corrected chi connectivity index (χ4v) is 3.17. The molecule has 110 valence electrons. The predicted molar refractivity (Wildman–Crippen MR) is 82.0 cm³/mol. The minimum absolute atomic E-state index is 0.659. The van der Waals surface area contributed by atoms with Crippen molar-refractivity contribution in [1.82, 2.24) is 9.88 Å². The highest BCUT2D eigenvalue weighted by molar-refractivity contribution is 5.82. The van der Waals surface area contributed by atoms with Gasteiger partial charge in [-0.05, 0) is 50.4 Å². The van der Waals surface area contributed by atoms with Crippen LogP contribution in [0.2, 0.25) is 0 Å². The van der Waals surface area contributed by atoms with Gasteiger partial charge in [0.05, 0.1) is 5.52 Å². The Hall–Kier alpha value is -1.94. The zero-order valence-corrected chi connectivity index (χ0v) is 12.2. The highest BCUT2D eigenvalue weighted by Crippen LogP contribution is 2.31. The van der Waals surface area contributed by atoms with E-state index in [1.807, 2.05) is 31.2 Å². The number of pyridine rings is 1. The molecule has 3 rings (SSSR count). The number of fused-ring (bicyclic) bond motifs is 1. The Kier molecular flexibility index (Phi) is 3.64. The molecule has 0 aliphatic carbocycles. The van der Waals surface area contributed by atoms with Crippen molar-refractivity contribution in [2.45, 2.75) is 38.3 Å². The first-order valence-corrected chi connectivity index (χ1v) is 7.42. The average molecular weight is 284 g/mol. The summed E-state index contributed by atoms with van der Waals surface area (Å²) < 4.78 is 0. The summed E-state index contributed by atoms with van der Waals surface area (Å²) in [5, 5.41) is 10.7. The third kappa shape index (κ3) is 2.51. The number of carboxylic acid groups (broad SMARTS) is 1. The van der Waals surface area contributed by atoms with Crippen LogP contribution in [-0.2, 0) is 11.3 Å². The molecule has 2 aromatic rings. The van der Waals surface area contributed by atoms with Crippen LogP contribution in [0.3, 0.4) is 0 Å². The summed E-state index contributed by atoms with van der Waals surface area (Å²) in [5.74, 6) is -0.722. The number of para-hydroxylation sites is 1. The minimum atomic E-state index is -0.761. The van der Waals surface area contributed by atoms with Crippen molar-refractivity contribution in [3.05, 3.63) is 42.1 Å². The Morgan fingerprint density at radius 2 is 2.14 bits per heavy atom. The summed E-state index contributed by atoms with van der Waals surface area (Å²) in [4.78, 5) is 18.2. The summed E-state index contributed by atoms with van der Waals surface area (Å²) in [7, 11) is 0. The molecule has 4 heteroatoms. The molecule has 1 fully saturated rings. The zero-order valence-electron chi connectivity index (χ0n) is 12.2. The van der Waals surface area contributed by atoms with Crippen LogP contribution in [0.25, 0.3) is 10.9 Å². The minimum Gasteiger partial charge on any atom is -0.480 e. The lowest BCUT2D eigenvalue weighted by atomic mass is 9.88. The SMILES string of the molecule is CC1(C(=O)O)CCCCN1Cc1ccnc2ccccc12. The van der Waals surface area contributed by atoms with E-state index in [1.165, 1.54) is 0 Å². The summed E-state index contributed by atoms with van der Waals surface area (Å²) >= 11 is 0. The summed E-state index contributed by atoms with van der Waals surface area (Å²) in [5.41, 5.74) is 1.35. The largest absolute Gasteiger partial charge is 0.480 e. The van der Waals surface area contributed by atoms with Crippen molar-refractivity contribution in [3.8, 4) is 0 Å². The molecule has 1 N–H and O–H groups in total. The number of nitrogens with zero attached hydrogens (tertiary/aromatic N) is 2. The quantitative estimate of drug-likeness (QED) is 0.941. The normalized spacial score (nSPS) is 23.3. The Balaban J connectivity index is 1.95.